The first kappa shape index (κ1) is 18.0. The molecular formula is C19H24N2O3. The Morgan fingerprint density at radius 3 is 2.71 bits per heavy atom. The minimum Gasteiger partial charge on any atom is -0.457 e. The first-order valence-electron chi connectivity index (χ1n) is 7.94. The second kappa shape index (κ2) is 9.05. The molecule has 0 saturated heterocycles. The Morgan fingerprint density at radius 1 is 1.21 bits per heavy atom. The van der Waals surface area contributed by atoms with Crippen molar-refractivity contribution in [3.63, 3.8) is 0 Å². The van der Waals surface area contributed by atoms with Crippen molar-refractivity contribution in [2.24, 2.45) is 5.73 Å². The van der Waals surface area contributed by atoms with Crippen LogP contribution in [0.4, 0.5) is 0 Å². The maximum Gasteiger partial charge on any atom is 0.222 e. The van der Waals surface area contributed by atoms with Gasteiger partial charge in [0.2, 0.25) is 5.91 Å². The molecule has 0 aromatic heterocycles. The van der Waals surface area contributed by atoms with Crippen LogP contribution in [0, 0.1) is 6.92 Å². The van der Waals surface area contributed by atoms with Gasteiger partial charge >= 0.3 is 0 Å². The van der Waals surface area contributed by atoms with E-state index >= 15 is 0 Å². The molecule has 1 unspecified atom stereocenters. The lowest BCUT2D eigenvalue weighted by atomic mass is 10.2. The highest BCUT2D eigenvalue weighted by Gasteiger charge is 2.12. The lowest BCUT2D eigenvalue weighted by Gasteiger charge is -2.14. The number of hydrogen-bond acceptors (Lipinski definition) is 4. The normalized spacial score (nSPS) is 11.8. The van der Waals surface area contributed by atoms with Crippen molar-refractivity contribution in [2.75, 3.05) is 13.7 Å². The minimum absolute atomic E-state index is 0.0994. The molecule has 2 aromatic carbocycles. The molecule has 2 aromatic rings. The maximum absolute atomic E-state index is 12.0. The molecule has 1 atom stereocenters. The average molecular weight is 328 g/mol. The number of benzene rings is 2. The lowest BCUT2D eigenvalue weighted by Crippen LogP contribution is -2.31. The zero-order valence-electron chi connectivity index (χ0n) is 14.1. The van der Waals surface area contributed by atoms with Crippen molar-refractivity contribution in [1.82, 2.24) is 5.32 Å². The highest BCUT2D eigenvalue weighted by atomic mass is 16.5. The van der Waals surface area contributed by atoms with Crippen LogP contribution in [0.3, 0.4) is 0 Å². The van der Waals surface area contributed by atoms with Crippen LogP contribution < -0.4 is 15.8 Å². The fourth-order valence-corrected chi connectivity index (χ4v) is 2.29. The Hall–Kier alpha value is -2.37. The molecule has 0 aliphatic rings. The van der Waals surface area contributed by atoms with Crippen LogP contribution in [0.5, 0.6) is 11.5 Å². The van der Waals surface area contributed by atoms with Gasteiger partial charge in [-0.3, -0.25) is 4.79 Å². The summed E-state index contributed by atoms with van der Waals surface area (Å²) in [5, 5.41) is 2.88. The van der Waals surface area contributed by atoms with Crippen LogP contribution in [-0.2, 0) is 16.1 Å². The quantitative estimate of drug-likeness (QED) is 0.781. The predicted molar refractivity (Wildman–Crippen MR) is 94.0 cm³/mol. The summed E-state index contributed by atoms with van der Waals surface area (Å²) in [6.07, 6.45) is -0.0164. The maximum atomic E-state index is 12.0. The molecule has 0 aliphatic heterocycles. The van der Waals surface area contributed by atoms with Gasteiger partial charge in [-0.05, 0) is 30.7 Å². The average Bonchev–Trinajstić information content (AvgIpc) is 2.59. The number of aryl methyl sites for hydroxylation is 1. The summed E-state index contributed by atoms with van der Waals surface area (Å²) < 4.78 is 11.1. The first-order chi connectivity index (χ1) is 11.6. The molecular weight excluding hydrogens is 304 g/mol. The highest BCUT2D eigenvalue weighted by molar-refractivity contribution is 5.76. The van der Waals surface area contributed by atoms with Gasteiger partial charge in [0.1, 0.15) is 11.5 Å². The fourth-order valence-electron chi connectivity index (χ4n) is 2.29. The standard InChI is InChI=1S/C19H24N2O3/c1-14-6-5-8-16(10-14)24-18-9-4-3-7-15(18)13-21-19(22)11-17(12-20)23-2/h3-10,17H,11-13,20H2,1-2H3,(H,21,22). The summed E-state index contributed by atoms with van der Waals surface area (Å²) in [5.41, 5.74) is 7.58. The van der Waals surface area contributed by atoms with Crippen molar-refractivity contribution >= 4 is 5.91 Å². The van der Waals surface area contributed by atoms with E-state index in [-0.39, 0.29) is 18.4 Å². The van der Waals surface area contributed by atoms with E-state index in [9.17, 15) is 4.79 Å². The summed E-state index contributed by atoms with van der Waals surface area (Å²) in [5.74, 6) is 1.40. The van der Waals surface area contributed by atoms with Crippen LogP contribution in [-0.4, -0.2) is 25.7 Å². The molecule has 2 rings (SSSR count). The van der Waals surface area contributed by atoms with Gasteiger partial charge in [-0.15, -0.1) is 0 Å². The molecule has 0 saturated carbocycles. The van der Waals surface area contributed by atoms with E-state index in [4.69, 9.17) is 15.2 Å². The molecule has 24 heavy (non-hydrogen) atoms. The minimum atomic E-state index is -0.260. The number of hydrogen-bond donors (Lipinski definition) is 2. The second-order valence-electron chi connectivity index (χ2n) is 5.60. The van der Waals surface area contributed by atoms with Crippen molar-refractivity contribution < 1.29 is 14.3 Å². The van der Waals surface area contributed by atoms with Gasteiger partial charge in [0, 0.05) is 25.8 Å². The van der Waals surface area contributed by atoms with E-state index < -0.39 is 0 Å². The van der Waals surface area contributed by atoms with Crippen LogP contribution >= 0.6 is 0 Å². The van der Waals surface area contributed by atoms with Crippen LogP contribution in [0.1, 0.15) is 17.5 Å². The third-order valence-electron chi connectivity index (χ3n) is 3.68. The molecule has 0 aliphatic carbocycles. The number of carbonyl (C=O) groups excluding carboxylic acids is 1. The first-order valence-corrected chi connectivity index (χ1v) is 7.94. The van der Waals surface area contributed by atoms with Crippen LogP contribution in [0.2, 0.25) is 0 Å². The molecule has 0 radical (unpaired) electrons. The molecule has 0 heterocycles. The van der Waals surface area contributed by atoms with E-state index in [0.29, 0.717) is 13.1 Å². The zero-order chi connectivity index (χ0) is 17.4. The number of nitrogens with two attached hydrogens (primary N) is 1. The second-order valence-corrected chi connectivity index (χ2v) is 5.60. The fraction of sp³-hybridized carbons (Fsp3) is 0.316. The number of methoxy groups -OCH3 is 1. The smallest absolute Gasteiger partial charge is 0.222 e. The van der Waals surface area contributed by atoms with Crippen molar-refractivity contribution in [1.29, 1.82) is 0 Å². The van der Waals surface area contributed by atoms with E-state index in [1.807, 2.05) is 55.5 Å². The largest absolute Gasteiger partial charge is 0.457 e. The zero-order valence-corrected chi connectivity index (χ0v) is 14.1. The molecule has 0 bridgehead atoms. The number of para-hydroxylation sites is 1. The Labute approximate surface area is 142 Å². The Balaban J connectivity index is 2.00. The topological polar surface area (TPSA) is 73.6 Å². The summed E-state index contributed by atoms with van der Waals surface area (Å²) in [6.45, 7) is 2.72. The van der Waals surface area contributed by atoms with Gasteiger partial charge in [0.15, 0.2) is 0 Å². The number of nitrogens with one attached hydrogen (secondary N) is 1. The third kappa shape index (κ3) is 5.37. The number of carbonyl (C=O) groups is 1. The monoisotopic (exact) mass is 328 g/mol. The molecule has 5 heteroatoms. The van der Waals surface area contributed by atoms with Gasteiger partial charge in [-0.2, -0.15) is 0 Å². The van der Waals surface area contributed by atoms with E-state index in [0.717, 1.165) is 22.6 Å². The van der Waals surface area contributed by atoms with Crippen molar-refractivity contribution in [3.8, 4) is 11.5 Å². The summed E-state index contributed by atoms with van der Waals surface area (Å²) in [4.78, 5) is 12.0. The molecule has 0 spiro atoms. The van der Waals surface area contributed by atoms with Gasteiger partial charge in [0.25, 0.3) is 0 Å². The molecule has 3 N–H and O–H groups in total. The predicted octanol–water partition coefficient (Wildman–Crippen LogP) is 2.77. The number of rotatable bonds is 8. The lowest BCUT2D eigenvalue weighted by molar-refractivity contribution is -0.123. The summed E-state index contributed by atoms with van der Waals surface area (Å²) in [6, 6.07) is 15.5. The van der Waals surface area contributed by atoms with Gasteiger partial charge in [-0.25, -0.2) is 0 Å². The third-order valence-corrected chi connectivity index (χ3v) is 3.68. The number of ether oxygens (including phenoxy) is 2. The van der Waals surface area contributed by atoms with Gasteiger partial charge < -0.3 is 20.5 Å². The Morgan fingerprint density at radius 2 is 2.00 bits per heavy atom. The summed E-state index contributed by atoms with van der Waals surface area (Å²) in [7, 11) is 1.55. The highest BCUT2D eigenvalue weighted by Crippen LogP contribution is 2.25. The molecule has 5 nitrogen and oxygen atoms in total. The van der Waals surface area contributed by atoms with E-state index in [1.165, 1.54) is 0 Å². The molecule has 0 fully saturated rings. The number of amides is 1. The van der Waals surface area contributed by atoms with Crippen LogP contribution in [0.25, 0.3) is 0 Å². The SMILES string of the molecule is COC(CN)CC(=O)NCc1ccccc1Oc1cccc(C)c1. The van der Waals surface area contributed by atoms with Gasteiger partial charge in [0.05, 0.1) is 12.5 Å². The Bertz CT molecular complexity index is 669. The van der Waals surface area contributed by atoms with E-state index in [1.54, 1.807) is 7.11 Å². The van der Waals surface area contributed by atoms with Crippen molar-refractivity contribution in [2.45, 2.75) is 26.0 Å². The summed E-state index contributed by atoms with van der Waals surface area (Å²) >= 11 is 0. The molecule has 1 amide bonds. The molecule has 128 valence electrons. The van der Waals surface area contributed by atoms with Gasteiger partial charge in [-0.1, -0.05) is 30.3 Å². The van der Waals surface area contributed by atoms with Crippen molar-refractivity contribution in [3.05, 3.63) is 59.7 Å². The van der Waals surface area contributed by atoms with E-state index in [2.05, 4.69) is 5.32 Å². The van der Waals surface area contributed by atoms with Crippen LogP contribution in [0.15, 0.2) is 48.5 Å². The Kier molecular flexibility index (Phi) is 6.78.